The highest BCUT2D eigenvalue weighted by Crippen LogP contribution is 2.01. The largest absolute Gasteiger partial charge is 0.466 e. The number of hydrogen-bond acceptors (Lipinski definition) is 4. The number of aliphatic hydroxyl groups is 2. The van der Waals surface area contributed by atoms with Gasteiger partial charge in [-0.3, -0.25) is 4.79 Å². The van der Waals surface area contributed by atoms with Crippen LogP contribution in [0.5, 0.6) is 0 Å². The van der Waals surface area contributed by atoms with Crippen LogP contribution in [-0.4, -0.2) is 35.5 Å². The molecule has 0 aliphatic heterocycles. The van der Waals surface area contributed by atoms with E-state index in [9.17, 15) is 4.79 Å². The van der Waals surface area contributed by atoms with Gasteiger partial charge in [-0.1, -0.05) is 19.8 Å². The van der Waals surface area contributed by atoms with Gasteiger partial charge in [0, 0.05) is 12.8 Å². The summed E-state index contributed by atoms with van der Waals surface area (Å²) in [6.45, 7) is 1.98. The van der Waals surface area contributed by atoms with Gasteiger partial charge in [0.2, 0.25) is 0 Å². The van der Waals surface area contributed by atoms with Crippen molar-refractivity contribution in [2.75, 3.05) is 13.2 Å². The van der Waals surface area contributed by atoms with Crippen LogP contribution in [0, 0.1) is 0 Å². The number of hydrogen-bond donors (Lipinski definition) is 2. The molecule has 0 aliphatic carbocycles. The van der Waals surface area contributed by atoms with Gasteiger partial charge < -0.3 is 14.9 Å². The van der Waals surface area contributed by atoms with E-state index >= 15 is 0 Å². The topological polar surface area (TPSA) is 66.8 Å². The first-order chi connectivity index (χ1) is 6.70. The molecule has 0 amide bonds. The van der Waals surface area contributed by atoms with Crippen LogP contribution in [0.25, 0.3) is 0 Å². The van der Waals surface area contributed by atoms with E-state index < -0.39 is 6.10 Å². The Morgan fingerprint density at radius 2 is 2.14 bits per heavy atom. The van der Waals surface area contributed by atoms with Crippen LogP contribution < -0.4 is 0 Å². The second kappa shape index (κ2) is 8.97. The molecule has 0 rings (SSSR count). The van der Waals surface area contributed by atoms with Crippen molar-refractivity contribution >= 4 is 5.97 Å². The number of carbonyl (C=O) groups excluding carboxylic acids is 1. The molecule has 0 saturated carbocycles. The van der Waals surface area contributed by atoms with E-state index in [1.165, 1.54) is 0 Å². The van der Waals surface area contributed by atoms with E-state index in [1.807, 2.05) is 0 Å². The zero-order valence-corrected chi connectivity index (χ0v) is 8.74. The second-order valence-electron chi connectivity index (χ2n) is 3.30. The Morgan fingerprint density at radius 3 is 2.71 bits per heavy atom. The van der Waals surface area contributed by atoms with Crippen LogP contribution in [-0.2, 0) is 9.53 Å². The summed E-state index contributed by atoms with van der Waals surface area (Å²) in [5.41, 5.74) is 0. The highest BCUT2D eigenvalue weighted by molar-refractivity contribution is 5.69. The summed E-state index contributed by atoms with van der Waals surface area (Å²) in [6.07, 6.45) is 2.94. The zero-order valence-electron chi connectivity index (χ0n) is 8.74. The fourth-order valence-corrected chi connectivity index (χ4v) is 0.992. The van der Waals surface area contributed by atoms with Crippen LogP contribution in [0.2, 0.25) is 0 Å². The van der Waals surface area contributed by atoms with E-state index in [0.717, 1.165) is 19.3 Å². The molecule has 0 fully saturated rings. The van der Waals surface area contributed by atoms with Gasteiger partial charge in [-0.15, -0.1) is 0 Å². The van der Waals surface area contributed by atoms with Crippen molar-refractivity contribution in [3.63, 3.8) is 0 Å². The first-order valence-electron chi connectivity index (χ1n) is 5.15. The van der Waals surface area contributed by atoms with Crippen molar-refractivity contribution in [3.8, 4) is 0 Å². The van der Waals surface area contributed by atoms with Crippen LogP contribution >= 0.6 is 0 Å². The van der Waals surface area contributed by atoms with E-state index in [1.54, 1.807) is 0 Å². The molecular formula is C10H20O4. The molecule has 0 aliphatic rings. The molecule has 1 atom stereocenters. The van der Waals surface area contributed by atoms with Gasteiger partial charge in [0.25, 0.3) is 0 Å². The van der Waals surface area contributed by atoms with E-state index in [4.69, 9.17) is 14.9 Å². The van der Waals surface area contributed by atoms with Crippen molar-refractivity contribution in [2.24, 2.45) is 0 Å². The van der Waals surface area contributed by atoms with E-state index in [2.05, 4.69) is 6.92 Å². The molecule has 0 saturated heterocycles. The summed E-state index contributed by atoms with van der Waals surface area (Å²) in [5, 5.41) is 17.4. The van der Waals surface area contributed by atoms with Gasteiger partial charge in [0.15, 0.2) is 0 Å². The van der Waals surface area contributed by atoms with Crippen molar-refractivity contribution in [1.82, 2.24) is 0 Å². The second-order valence-corrected chi connectivity index (χ2v) is 3.30. The smallest absolute Gasteiger partial charge is 0.305 e. The molecule has 0 aromatic rings. The average molecular weight is 204 g/mol. The molecule has 0 bridgehead atoms. The number of ether oxygens (including phenoxy) is 1. The number of rotatable bonds is 8. The van der Waals surface area contributed by atoms with Gasteiger partial charge in [-0.05, 0) is 6.42 Å². The molecule has 14 heavy (non-hydrogen) atoms. The normalized spacial score (nSPS) is 12.5. The van der Waals surface area contributed by atoms with Crippen LogP contribution in [0.15, 0.2) is 0 Å². The maximum Gasteiger partial charge on any atom is 0.305 e. The summed E-state index contributed by atoms with van der Waals surface area (Å²) in [7, 11) is 0. The monoisotopic (exact) mass is 204 g/mol. The zero-order chi connectivity index (χ0) is 10.8. The van der Waals surface area contributed by atoms with Gasteiger partial charge in [0.05, 0.1) is 19.3 Å². The lowest BCUT2D eigenvalue weighted by atomic mass is 10.2. The molecule has 0 heterocycles. The summed E-state index contributed by atoms with van der Waals surface area (Å²) in [5.74, 6) is -0.219. The lowest BCUT2D eigenvalue weighted by molar-refractivity contribution is -0.144. The Labute approximate surface area is 84.9 Å². The number of carbonyl (C=O) groups is 1. The maximum atomic E-state index is 11.0. The Balaban J connectivity index is 3.26. The summed E-state index contributed by atoms with van der Waals surface area (Å²) in [6, 6.07) is 0. The standard InChI is InChI=1S/C10H20O4/c1-2-3-4-5-10(13)14-7-6-9(12)8-11/h9,11-12H,2-8H2,1H3. The summed E-state index contributed by atoms with van der Waals surface area (Å²) < 4.78 is 4.85. The fraction of sp³-hybridized carbons (Fsp3) is 0.900. The Kier molecular flexibility index (Phi) is 8.57. The fourth-order valence-electron chi connectivity index (χ4n) is 0.992. The third-order valence-electron chi connectivity index (χ3n) is 1.91. The Hall–Kier alpha value is -0.610. The molecular weight excluding hydrogens is 184 g/mol. The molecule has 0 spiro atoms. The Morgan fingerprint density at radius 1 is 1.43 bits per heavy atom. The first kappa shape index (κ1) is 13.4. The lowest BCUT2D eigenvalue weighted by Crippen LogP contribution is -2.16. The predicted octanol–water partition coefficient (Wildman–Crippen LogP) is 0.853. The maximum absolute atomic E-state index is 11.0. The molecule has 2 N–H and O–H groups in total. The Bertz CT molecular complexity index is 147. The number of esters is 1. The van der Waals surface area contributed by atoms with Crippen molar-refractivity contribution in [1.29, 1.82) is 0 Å². The first-order valence-corrected chi connectivity index (χ1v) is 5.15. The molecule has 1 unspecified atom stereocenters. The quantitative estimate of drug-likeness (QED) is 0.454. The van der Waals surface area contributed by atoms with Crippen molar-refractivity contribution in [2.45, 2.75) is 45.1 Å². The van der Waals surface area contributed by atoms with Crippen LogP contribution in [0.3, 0.4) is 0 Å². The number of unbranched alkanes of at least 4 members (excludes halogenated alkanes) is 2. The van der Waals surface area contributed by atoms with Gasteiger partial charge in [0.1, 0.15) is 0 Å². The van der Waals surface area contributed by atoms with Gasteiger partial charge >= 0.3 is 5.97 Å². The van der Waals surface area contributed by atoms with Crippen molar-refractivity contribution < 1.29 is 19.7 Å². The van der Waals surface area contributed by atoms with Crippen LogP contribution in [0.1, 0.15) is 39.0 Å². The molecule has 0 radical (unpaired) electrons. The van der Waals surface area contributed by atoms with Gasteiger partial charge in [-0.2, -0.15) is 0 Å². The molecule has 4 heteroatoms. The molecule has 4 nitrogen and oxygen atoms in total. The molecule has 0 aromatic carbocycles. The molecule has 0 aromatic heterocycles. The average Bonchev–Trinajstić information content (AvgIpc) is 2.18. The molecule has 84 valence electrons. The lowest BCUT2D eigenvalue weighted by Gasteiger charge is -2.07. The summed E-state index contributed by atoms with van der Waals surface area (Å²) in [4.78, 5) is 11.0. The minimum Gasteiger partial charge on any atom is -0.466 e. The van der Waals surface area contributed by atoms with E-state index in [0.29, 0.717) is 12.8 Å². The minimum atomic E-state index is -0.779. The number of aliphatic hydroxyl groups excluding tert-OH is 2. The van der Waals surface area contributed by atoms with Crippen molar-refractivity contribution in [3.05, 3.63) is 0 Å². The SMILES string of the molecule is CCCCCC(=O)OCCC(O)CO. The van der Waals surface area contributed by atoms with Crippen LogP contribution in [0.4, 0.5) is 0 Å². The summed E-state index contributed by atoms with van der Waals surface area (Å²) >= 11 is 0. The van der Waals surface area contributed by atoms with Gasteiger partial charge in [-0.25, -0.2) is 0 Å². The van der Waals surface area contributed by atoms with E-state index in [-0.39, 0.29) is 19.2 Å². The third-order valence-corrected chi connectivity index (χ3v) is 1.91. The third kappa shape index (κ3) is 8.01. The predicted molar refractivity (Wildman–Crippen MR) is 52.8 cm³/mol. The highest BCUT2D eigenvalue weighted by Gasteiger charge is 2.05. The highest BCUT2D eigenvalue weighted by atomic mass is 16.5. The minimum absolute atomic E-state index is 0.187.